The van der Waals surface area contributed by atoms with Crippen LogP contribution in [0.2, 0.25) is 0 Å². The first-order valence-electron chi connectivity index (χ1n) is 9.23. The van der Waals surface area contributed by atoms with E-state index in [0.29, 0.717) is 17.7 Å². The summed E-state index contributed by atoms with van der Waals surface area (Å²) in [7, 11) is 1.99. The van der Waals surface area contributed by atoms with Crippen molar-refractivity contribution in [3.05, 3.63) is 28.7 Å². The molecule has 4 rings (SSSR count). The molecule has 25 heavy (non-hydrogen) atoms. The zero-order valence-electron chi connectivity index (χ0n) is 15.5. The first-order chi connectivity index (χ1) is 12.0. The van der Waals surface area contributed by atoms with E-state index < -0.39 is 0 Å². The molecule has 0 spiro atoms. The van der Waals surface area contributed by atoms with Crippen LogP contribution < -0.4 is 5.32 Å². The highest BCUT2D eigenvalue weighted by Gasteiger charge is 2.34. The van der Waals surface area contributed by atoms with Crippen LogP contribution in [0.5, 0.6) is 0 Å². The number of aromatic nitrogens is 4. The topological polar surface area (TPSA) is 78.0 Å². The largest absolute Gasteiger partial charge is 0.373 e. The van der Waals surface area contributed by atoms with Gasteiger partial charge < -0.3 is 14.6 Å². The van der Waals surface area contributed by atoms with Crippen LogP contribution in [-0.4, -0.2) is 33.1 Å². The summed E-state index contributed by atoms with van der Waals surface area (Å²) in [4.78, 5) is 4.54. The second-order valence-electron chi connectivity index (χ2n) is 7.44. The molecular formula is C18H27N5O2. The highest BCUT2D eigenvalue weighted by atomic mass is 16.5. The maximum absolute atomic E-state index is 6.06. The molecule has 1 aliphatic carbocycles. The first kappa shape index (κ1) is 16.7. The molecule has 3 atom stereocenters. The third kappa shape index (κ3) is 3.22. The van der Waals surface area contributed by atoms with Crippen molar-refractivity contribution in [3.8, 4) is 0 Å². The molecule has 1 saturated heterocycles. The number of aryl methyl sites for hydroxylation is 2. The Labute approximate surface area is 148 Å². The summed E-state index contributed by atoms with van der Waals surface area (Å²) in [6.07, 6.45) is 3.53. The van der Waals surface area contributed by atoms with E-state index in [1.54, 1.807) is 0 Å². The summed E-state index contributed by atoms with van der Waals surface area (Å²) in [5, 5.41) is 12.2. The smallest absolute Gasteiger partial charge is 0.243 e. The number of hydrogen-bond donors (Lipinski definition) is 1. The monoisotopic (exact) mass is 345 g/mol. The number of nitrogens with zero attached hydrogens (tertiary/aromatic N) is 4. The van der Waals surface area contributed by atoms with Crippen molar-refractivity contribution in [2.45, 2.75) is 58.1 Å². The second-order valence-corrected chi connectivity index (χ2v) is 7.44. The van der Waals surface area contributed by atoms with Crippen molar-refractivity contribution >= 4 is 0 Å². The summed E-state index contributed by atoms with van der Waals surface area (Å²) < 4.78 is 13.4. The maximum Gasteiger partial charge on any atom is 0.243 e. The van der Waals surface area contributed by atoms with E-state index in [2.05, 4.69) is 41.3 Å². The van der Waals surface area contributed by atoms with Crippen LogP contribution in [0.25, 0.3) is 0 Å². The predicted octanol–water partition coefficient (Wildman–Crippen LogP) is 2.73. The zero-order chi connectivity index (χ0) is 17.6. The molecule has 1 saturated carbocycles. The van der Waals surface area contributed by atoms with Crippen molar-refractivity contribution < 1.29 is 9.26 Å². The van der Waals surface area contributed by atoms with E-state index in [-0.39, 0.29) is 12.1 Å². The summed E-state index contributed by atoms with van der Waals surface area (Å²) in [6, 6.07) is 0.0531. The molecule has 2 aromatic heterocycles. The molecule has 0 radical (unpaired) electrons. The van der Waals surface area contributed by atoms with Crippen LogP contribution in [0.15, 0.2) is 4.52 Å². The van der Waals surface area contributed by atoms with Crippen molar-refractivity contribution in [1.82, 2.24) is 25.2 Å². The Hall–Kier alpha value is -1.73. The van der Waals surface area contributed by atoms with Gasteiger partial charge in [0.05, 0.1) is 17.8 Å². The summed E-state index contributed by atoms with van der Waals surface area (Å²) >= 11 is 0. The Kier molecular flexibility index (Phi) is 4.37. The molecule has 0 unspecified atom stereocenters. The number of ether oxygens (including phenoxy) is 1. The molecule has 7 nitrogen and oxygen atoms in total. The van der Waals surface area contributed by atoms with Gasteiger partial charge in [0.15, 0.2) is 5.82 Å². The Balaban J connectivity index is 1.40. The Morgan fingerprint density at radius 2 is 2.08 bits per heavy atom. The minimum Gasteiger partial charge on any atom is -0.373 e. The highest BCUT2D eigenvalue weighted by Crippen LogP contribution is 2.39. The van der Waals surface area contributed by atoms with Gasteiger partial charge in [-0.2, -0.15) is 10.1 Å². The molecular weight excluding hydrogens is 318 g/mol. The molecule has 1 aliphatic heterocycles. The number of nitrogens with one attached hydrogen (secondary N) is 1. The molecule has 3 heterocycles. The van der Waals surface area contributed by atoms with Gasteiger partial charge in [-0.1, -0.05) is 5.16 Å². The summed E-state index contributed by atoms with van der Waals surface area (Å²) in [6.45, 7) is 7.92. The highest BCUT2D eigenvalue weighted by molar-refractivity contribution is 5.28. The second kappa shape index (κ2) is 6.53. The third-order valence-corrected chi connectivity index (χ3v) is 5.52. The molecule has 2 aromatic rings. The number of hydrogen-bond acceptors (Lipinski definition) is 6. The standard InChI is InChI=1S/C18H27N5O2/c1-10-15(12(3)23(4)21-10)16-14(7-8-24-16)9-19-11(2)18-20-17(22-25-18)13-5-6-13/h11,13-14,16,19H,5-9H2,1-4H3/t11-,14+,16-/m1/s1. The van der Waals surface area contributed by atoms with Gasteiger partial charge >= 0.3 is 0 Å². The van der Waals surface area contributed by atoms with Crippen LogP contribution in [-0.2, 0) is 11.8 Å². The lowest BCUT2D eigenvalue weighted by molar-refractivity contribution is 0.0885. The van der Waals surface area contributed by atoms with E-state index in [9.17, 15) is 0 Å². The third-order valence-electron chi connectivity index (χ3n) is 5.52. The van der Waals surface area contributed by atoms with E-state index in [1.807, 2.05) is 11.7 Å². The summed E-state index contributed by atoms with van der Waals surface area (Å²) in [5.74, 6) is 2.50. The van der Waals surface area contributed by atoms with Gasteiger partial charge in [-0.05, 0) is 40.0 Å². The van der Waals surface area contributed by atoms with Gasteiger partial charge in [0.25, 0.3) is 0 Å². The molecule has 0 bridgehead atoms. The van der Waals surface area contributed by atoms with Crippen LogP contribution in [0, 0.1) is 19.8 Å². The quantitative estimate of drug-likeness (QED) is 0.867. The van der Waals surface area contributed by atoms with Gasteiger partial charge in [-0.25, -0.2) is 0 Å². The molecule has 7 heteroatoms. The van der Waals surface area contributed by atoms with Gasteiger partial charge in [-0.15, -0.1) is 0 Å². The molecule has 0 aromatic carbocycles. The molecule has 1 N–H and O–H groups in total. The lowest BCUT2D eigenvalue weighted by Gasteiger charge is -2.21. The normalized spacial score (nSPS) is 24.8. The van der Waals surface area contributed by atoms with Crippen molar-refractivity contribution in [1.29, 1.82) is 0 Å². The van der Waals surface area contributed by atoms with Gasteiger partial charge in [-0.3, -0.25) is 4.68 Å². The maximum atomic E-state index is 6.06. The van der Waals surface area contributed by atoms with Crippen molar-refractivity contribution in [2.75, 3.05) is 13.2 Å². The van der Waals surface area contributed by atoms with Gasteiger partial charge in [0.1, 0.15) is 0 Å². The van der Waals surface area contributed by atoms with Crippen LogP contribution in [0.3, 0.4) is 0 Å². The number of rotatable bonds is 6. The lowest BCUT2D eigenvalue weighted by atomic mass is 9.93. The average Bonchev–Trinajstić information content (AvgIpc) is 3.03. The minimum absolute atomic E-state index is 0.0531. The van der Waals surface area contributed by atoms with Crippen molar-refractivity contribution in [3.63, 3.8) is 0 Å². The fourth-order valence-electron chi connectivity index (χ4n) is 3.71. The van der Waals surface area contributed by atoms with Crippen LogP contribution in [0.4, 0.5) is 0 Å². The van der Waals surface area contributed by atoms with E-state index in [1.165, 1.54) is 24.1 Å². The molecule has 2 aliphatic rings. The fraction of sp³-hybridized carbons (Fsp3) is 0.722. The Morgan fingerprint density at radius 3 is 2.76 bits per heavy atom. The average molecular weight is 345 g/mol. The van der Waals surface area contributed by atoms with Crippen molar-refractivity contribution in [2.24, 2.45) is 13.0 Å². The lowest BCUT2D eigenvalue weighted by Crippen LogP contribution is -2.28. The predicted molar refractivity (Wildman–Crippen MR) is 92.2 cm³/mol. The Morgan fingerprint density at radius 1 is 1.28 bits per heavy atom. The first-order valence-corrected chi connectivity index (χ1v) is 9.23. The molecule has 136 valence electrons. The van der Waals surface area contributed by atoms with E-state index in [4.69, 9.17) is 9.26 Å². The Bertz CT molecular complexity index is 749. The fourth-order valence-corrected chi connectivity index (χ4v) is 3.71. The molecule has 0 amide bonds. The van der Waals surface area contributed by atoms with Gasteiger partial charge in [0.2, 0.25) is 5.89 Å². The van der Waals surface area contributed by atoms with Crippen LogP contribution in [0.1, 0.15) is 72.9 Å². The summed E-state index contributed by atoms with van der Waals surface area (Å²) in [5.41, 5.74) is 3.50. The minimum atomic E-state index is 0.0531. The van der Waals surface area contributed by atoms with E-state index >= 15 is 0 Å². The molecule has 2 fully saturated rings. The van der Waals surface area contributed by atoms with Gasteiger partial charge in [0, 0.05) is 43.3 Å². The zero-order valence-corrected chi connectivity index (χ0v) is 15.5. The van der Waals surface area contributed by atoms with Crippen LogP contribution >= 0.6 is 0 Å². The van der Waals surface area contributed by atoms with E-state index in [0.717, 1.165) is 31.1 Å². The SMILES string of the molecule is Cc1nn(C)c(C)c1[C@@H]1OCC[C@H]1CN[C@H](C)c1nc(C2CC2)no1.